The lowest BCUT2D eigenvalue weighted by molar-refractivity contribution is 1.08. The van der Waals surface area contributed by atoms with E-state index in [2.05, 4.69) is 17.1 Å². The highest BCUT2D eigenvalue weighted by molar-refractivity contribution is 7.99. The molecule has 0 fully saturated rings. The van der Waals surface area contributed by atoms with Gasteiger partial charge >= 0.3 is 0 Å². The molecule has 0 saturated heterocycles. The first-order chi connectivity index (χ1) is 6.86. The van der Waals surface area contributed by atoms with Crippen molar-refractivity contribution in [3.05, 3.63) is 29.8 Å². The maximum absolute atomic E-state index is 5.90. The number of anilines is 1. The van der Waals surface area contributed by atoms with Crippen LogP contribution in [-0.4, -0.2) is 10.7 Å². The van der Waals surface area contributed by atoms with Gasteiger partial charge in [0.25, 0.3) is 0 Å². The Kier molecular flexibility index (Phi) is 1.67. The van der Waals surface area contributed by atoms with Gasteiger partial charge in [-0.05, 0) is 17.4 Å². The third-order valence-electron chi connectivity index (χ3n) is 2.60. The van der Waals surface area contributed by atoms with Crippen molar-refractivity contribution in [1.29, 1.82) is 0 Å². The van der Waals surface area contributed by atoms with E-state index in [1.807, 2.05) is 12.1 Å². The standard InChI is InChI=1S/C11H10N2S/c12-10-8-4-2-1-3-7(8)9-5-6-14-11(9)13-10/h1-4H,5-6H2,(H2,12,13). The van der Waals surface area contributed by atoms with Crippen LogP contribution in [0.3, 0.4) is 0 Å². The molecule has 0 atom stereocenters. The van der Waals surface area contributed by atoms with Crippen LogP contribution < -0.4 is 5.73 Å². The summed E-state index contributed by atoms with van der Waals surface area (Å²) in [6, 6.07) is 8.25. The van der Waals surface area contributed by atoms with Gasteiger partial charge in [-0.3, -0.25) is 0 Å². The van der Waals surface area contributed by atoms with E-state index in [1.54, 1.807) is 11.8 Å². The van der Waals surface area contributed by atoms with Crippen LogP contribution >= 0.6 is 11.8 Å². The van der Waals surface area contributed by atoms with Crippen LogP contribution in [0.4, 0.5) is 5.82 Å². The van der Waals surface area contributed by atoms with Gasteiger partial charge in [-0.15, -0.1) is 11.8 Å². The first-order valence-electron chi connectivity index (χ1n) is 4.66. The molecule has 1 aromatic carbocycles. The molecule has 0 unspecified atom stereocenters. The molecule has 1 aromatic heterocycles. The fourth-order valence-electron chi connectivity index (χ4n) is 1.93. The van der Waals surface area contributed by atoms with E-state index in [1.165, 1.54) is 10.9 Å². The van der Waals surface area contributed by atoms with Crippen molar-refractivity contribution in [2.75, 3.05) is 11.5 Å². The summed E-state index contributed by atoms with van der Waals surface area (Å²) < 4.78 is 0. The maximum Gasteiger partial charge on any atom is 0.132 e. The second kappa shape index (κ2) is 2.89. The minimum atomic E-state index is 0.661. The molecule has 2 nitrogen and oxygen atoms in total. The lowest BCUT2D eigenvalue weighted by Gasteiger charge is -2.06. The van der Waals surface area contributed by atoms with E-state index in [9.17, 15) is 0 Å². The third-order valence-corrected chi connectivity index (χ3v) is 3.62. The van der Waals surface area contributed by atoms with Gasteiger partial charge in [0.05, 0.1) is 0 Å². The number of fused-ring (bicyclic) bond motifs is 3. The monoisotopic (exact) mass is 202 g/mol. The first kappa shape index (κ1) is 8.12. The van der Waals surface area contributed by atoms with E-state index >= 15 is 0 Å². The van der Waals surface area contributed by atoms with E-state index in [0.29, 0.717) is 5.82 Å². The highest BCUT2D eigenvalue weighted by Gasteiger charge is 2.17. The highest BCUT2D eigenvalue weighted by atomic mass is 32.2. The minimum Gasteiger partial charge on any atom is -0.383 e. The molecule has 3 rings (SSSR count). The van der Waals surface area contributed by atoms with Crippen LogP contribution in [0.15, 0.2) is 29.3 Å². The summed E-state index contributed by atoms with van der Waals surface area (Å²) in [7, 11) is 0. The Bertz CT molecular complexity index is 508. The molecule has 0 bridgehead atoms. The SMILES string of the molecule is Nc1nc2c(c3ccccc13)CCS2. The Morgan fingerprint density at radius 2 is 2.00 bits per heavy atom. The molecule has 2 N–H and O–H groups in total. The average Bonchev–Trinajstić information content (AvgIpc) is 2.66. The molecule has 0 radical (unpaired) electrons. The van der Waals surface area contributed by atoms with Gasteiger partial charge in [-0.25, -0.2) is 4.98 Å². The van der Waals surface area contributed by atoms with Gasteiger partial charge in [-0.1, -0.05) is 24.3 Å². The predicted octanol–water partition coefficient (Wildman–Crippen LogP) is 2.47. The molecule has 1 aliphatic heterocycles. The van der Waals surface area contributed by atoms with Crippen LogP contribution in [0.2, 0.25) is 0 Å². The lowest BCUT2D eigenvalue weighted by atomic mass is 10.1. The predicted molar refractivity (Wildman–Crippen MR) is 60.6 cm³/mol. The molecule has 2 heterocycles. The van der Waals surface area contributed by atoms with Crippen molar-refractivity contribution in [3.8, 4) is 0 Å². The van der Waals surface area contributed by atoms with Crippen molar-refractivity contribution in [3.63, 3.8) is 0 Å². The number of thioether (sulfide) groups is 1. The summed E-state index contributed by atoms with van der Waals surface area (Å²) in [6.45, 7) is 0. The van der Waals surface area contributed by atoms with E-state index < -0.39 is 0 Å². The Morgan fingerprint density at radius 3 is 2.86 bits per heavy atom. The smallest absolute Gasteiger partial charge is 0.132 e. The van der Waals surface area contributed by atoms with Crippen molar-refractivity contribution in [2.24, 2.45) is 0 Å². The first-order valence-corrected chi connectivity index (χ1v) is 5.65. The molecule has 0 amide bonds. The molecule has 0 spiro atoms. The number of benzene rings is 1. The van der Waals surface area contributed by atoms with Crippen LogP contribution in [-0.2, 0) is 6.42 Å². The zero-order chi connectivity index (χ0) is 9.54. The summed E-state index contributed by atoms with van der Waals surface area (Å²) in [5.74, 6) is 1.80. The zero-order valence-corrected chi connectivity index (χ0v) is 8.47. The number of nitrogens with zero attached hydrogens (tertiary/aromatic N) is 1. The molecule has 0 aliphatic carbocycles. The van der Waals surface area contributed by atoms with Crippen LogP contribution in [0.1, 0.15) is 5.56 Å². The number of rotatable bonds is 0. The molecular formula is C11H10N2S. The van der Waals surface area contributed by atoms with Crippen molar-refractivity contribution in [1.82, 2.24) is 4.98 Å². The minimum absolute atomic E-state index is 0.661. The van der Waals surface area contributed by atoms with Crippen LogP contribution in [0.5, 0.6) is 0 Å². The van der Waals surface area contributed by atoms with Crippen LogP contribution in [0.25, 0.3) is 10.8 Å². The van der Waals surface area contributed by atoms with Crippen molar-refractivity contribution >= 4 is 28.4 Å². The molecule has 0 saturated carbocycles. The van der Waals surface area contributed by atoms with Crippen molar-refractivity contribution in [2.45, 2.75) is 11.4 Å². The highest BCUT2D eigenvalue weighted by Crippen LogP contribution is 2.36. The van der Waals surface area contributed by atoms with Gasteiger partial charge in [0.1, 0.15) is 10.8 Å². The van der Waals surface area contributed by atoms with Gasteiger partial charge in [0.15, 0.2) is 0 Å². The summed E-state index contributed by atoms with van der Waals surface area (Å²) >= 11 is 1.81. The van der Waals surface area contributed by atoms with Gasteiger partial charge in [0, 0.05) is 11.1 Å². The summed E-state index contributed by atoms with van der Waals surface area (Å²) in [6.07, 6.45) is 1.12. The number of nitrogens with two attached hydrogens (primary N) is 1. The maximum atomic E-state index is 5.90. The second-order valence-electron chi connectivity index (χ2n) is 3.42. The summed E-state index contributed by atoms with van der Waals surface area (Å²) in [4.78, 5) is 4.42. The Morgan fingerprint density at radius 1 is 1.21 bits per heavy atom. The van der Waals surface area contributed by atoms with Crippen LogP contribution in [0, 0.1) is 0 Å². The fraction of sp³-hybridized carbons (Fsp3) is 0.182. The van der Waals surface area contributed by atoms with E-state index in [-0.39, 0.29) is 0 Å². The van der Waals surface area contributed by atoms with Crippen molar-refractivity contribution < 1.29 is 0 Å². The van der Waals surface area contributed by atoms with E-state index in [0.717, 1.165) is 22.6 Å². The average molecular weight is 202 g/mol. The quantitative estimate of drug-likeness (QED) is 0.713. The summed E-state index contributed by atoms with van der Waals surface area (Å²) in [5.41, 5.74) is 7.28. The van der Waals surface area contributed by atoms with Gasteiger partial charge in [0.2, 0.25) is 0 Å². The Hall–Kier alpha value is -1.22. The number of hydrogen-bond acceptors (Lipinski definition) is 3. The lowest BCUT2D eigenvalue weighted by Crippen LogP contribution is -1.95. The largest absolute Gasteiger partial charge is 0.383 e. The second-order valence-corrected chi connectivity index (χ2v) is 4.51. The molecule has 1 aliphatic rings. The zero-order valence-electron chi connectivity index (χ0n) is 7.66. The Labute approximate surface area is 86.5 Å². The fourth-order valence-corrected chi connectivity index (χ4v) is 2.98. The number of hydrogen-bond donors (Lipinski definition) is 1. The number of aromatic nitrogens is 1. The third kappa shape index (κ3) is 1.02. The van der Waals surface area contributed by atoms with Gasteiger partial charge in [-0.2, -0.15) is 0 Å². The van der Waals surface area contributed by atoms with E-state index in [4.69, 9.17) is 5.73 Å². The number of aryl methyl sites for hydroxylation is 1. The molecule has 2 aromatic rings. The summed E-state index contributed by atoms with van der Waals surface area (Å²) in [5, 5.41) is 3.50. The van der Waals surface area contributed by atoms with Gasteiger partial charge < -0.3 is 5.73 Å². The normalized spacial score (nSPS) is 14.6. The molecular weight excluding hydrogens is 192 g/mol. The Balaban J connectivity index is 2.47. The molecule has 3 heteroatoms. The topological polar surface area (TPSA) is 38.9 Å². The molecule has 70 valence electrons. The molecule has 14 heavy (non-hydrogen) atoms. The number of nitrogen functional groups attached to an aromatic ring is 1. The number of pyridine rings is 1.